The Hall–Kier alpha value is -1.07. The fourth-order valence-corrected chi connectivity index (χ4v) is 2.08. The van der Waals surface area contributed by atoms with Gasteiger partial charge in [0.2, 0.25) is 10.0 Å². The number of hydrogen-bond donors (Lipinski definition) is 2. The van der Waals surface area contributed by atoms with Gasteiger partial charge >= 0.3 is 0 Å². The predicted octanol–water partition coefficient (Wildman–Crippen LogP) is 2.34. The first kappa shape index (κ1) is 15.0. The van der Waals surface area contributed by atoms with Crippen LogP contribution < -0.4 is 10.0 Å². The van der Waals surface area contributed by atoms with E-state index in [0.717, 1.165) is 25.1 Å². The van der Waals surface area contributed by atoms with E-state index in [0.29, 0.717) is 5.69 Å². The molecule has 0 saturated carbocycles. The van der Waals surface area contributed by atoms with Crippen LogP contribution >= 0.6 is 0 Å². The lowest BCUT2D eigenvalue weighted by Crippen LogP contribution is -2.22. The zero-order valence-corrected chi connectivity index (χ0v) is 12.0. The summed E-state index contributed by atoms with van der Waals surface area (Å²) in [6, 6.07) is 7.45. The van der Waals surface area contributed by atoms with E-state index in [1.807, 2.05) is 12.1 Å². The van der Waals surface area contributed by atoms with E-state index in [1.165, 1.54) is 0 Å². The Morgan fingerprint density at radius 3 is 2.28 bits per heavy atom. The first-order valence-corrected chi connectivity index (χ1v) is 7.81. The summed E-state index contributed by atoms with van der Waals surface area (Å²) in [4.78, 5) is 0. The summed E-state index contributed by atoms with van der Waals surface area (Å²) in [5.41, 5.74) is 1.76. The van der Waals surface area contributed by atoms with E-state index in [2.05, 4.69) is 17.0 Å². The molecule has 0 bridgehead atoms. The monoisotopic (exact) mass is 270 g/mol. The van der Waals surface area contributed by atoms with Crippen LogP contribution in [0.25, 0.3) is 0 Å². The Labute approximate surface area is 110 Å². The van der Waals surface area contributed by atoms with E-state index >= 15 is 0 Å². The molecule has 0 aromatic heterocycles. The van der Waals surface area contributed by atoms with Crippen LogP contribution in [0.15, 0.2) is 24.3 Å². The van der Waals surface area contributed by atoms with Crippen molar-refractivity contribution in [2.75, 3.05) is 11.3 Å². The molecule has 5 heteroatoms. The van der Waals surface area contributed by atoms with Gasteiger partial charge in [-0.2, -0.15) is 0 Å². The van der Waals surface area contributed by atoms with Crippen LogP contribution in [0.3, 0.4) is 0 Å². The molecule has 0 aliphatic heterocycles. The highest BCUT2D eigenvalue weighted by atomic mass is 32.2. The van der Waals surface area contributed by atoms with E-state index in [1.54, 1.807) is 26.0 Å². The molecule has 0 heterocycles. The average molecular weight is 270 g/mol. The summed E-state index contributed by atoms with van der Waals surface area (Å²) in [5.74, 6) is 0. The molecule has 1 aromatic carbocycles. The van der Waals surface area contributed by atoms with Crippen molar-refractivity contribution in [3.63, 3.8) is 0 Å². The molecule has 0 unspecified atom stereocenters. The lowest BCUT2D eigenvalue weighted by Gasteiger charge is -2.11. The van der Waals surface area contributed by atoms with Gasteiger partial charge < -0.3 is 5.32 Å². The Bertz CT molecular complexity index is 452. The molecule has 2 N–H and O–H groups in total. The molecular formula is C13H22N2O2S. The molecule has 0 saturated heterocycles. The molecule has 0 aliphatic rings. The van der Waals surface area contributed by atoms with Crippen molar-refractivity contribution in [3.05, 3.63) is 29.8 Å². The molecule has 102 valence electrons. The number of benzene rings is 1. The predicted molar refractivity (Wildman–Crippen MR) is 76.1 cm³/mol. The minimum Gasteiger partial charge on any atom is -0.313 e. The number of hydrogen-bond acceptors (Lipinski definition) is 3. The van der Waals surface area contributed by atoms with Gasteiger partial charge in [-0.15, -0.1) is 0 Å². The molecule has 0 radical (unpaired) electrons. The van der Waals surface area contributed by atoms with Gasteiger partial charge in [-0.05, 0) is 44.5 Å². The maximum atomic E-state index is 11.7. The van der Waals surface area contributed by atoms with Crippen molar-refractivity contribution in [1.29, 1.82) is 0 Å². The second-order valence-corrected chi connectivity index (χ2v) is 6.81. The third kappa shape index (κ3) is 4.66. The zero-order valence-electron chi connectivity index (χ0n) is 11.2. The van der Waals surface area contributed by atoms with Crippen LogP contribution in [0, 0.1) is 0 Å². The van der Waals surface area contributed by atoms with Gasteiger partial charge in [0.25, 0.3) is 0 Å². The third-order valence-electron chi connectivity index (χ3n) is 2.59. The molecule has 0 fully saturated rings. The van der Waals surface area contributed by atoms with Crippen molar-refractivity contribution in [2.45, 2.75) is 39.0 Å². The van der Waals surface area contributed by atoms with E-state index < -0.39 is 15.3 Å². The largest absolute Gasteiger partial charge is 0.313 e. The smallest absolute Gasteiger partial charge is 0.235 e. The lowest BCUT2D eigenvalue weighted by molar-refractivity contribution is 0.593. The topological polar surface area (TPSA) is 58.2 Å². The minimum atomic E-state index is -3.25. The highest BCUT2D eigenvalue weighted by Gasteiger charge is 2.15. The van der Waals surface area contributed by atoms with E-state index in [9.17, 15) is 8.42 Å². The van der Waals surface area contributed by atoms with Gasteiger partial charge in [-0.1, -0.05) is 19.1 Å². The highest BCUT2D eigenvalue weighted by molar-refractivity contribution is 7.93. The van der Waals surface area contributed by atoms with Gasteiger partial charge in [0.1, 0.15) is 0 Å². The Balaban J connectivity index is 2.61. The summed E-state index contributed by atoms with van der Waals surface area (Å²) >= 11 is 0. The molecule has 1 rings (SSSR count). The van der Waals surface area contributed by atoms with Crippen LogP contribution in [-0.2, 0) is 16.6 Å². The molecule has 0 atom stereocenters. The zero-order chi connectivity index (χ0) is 13.6. The standard InChI is InChI=1S/C13H22N2O2S/c1-4-9-14-10-12-5-7-13(8-6-12)15-18(16,17)11(2)3/h5-8,11,14-15H,4,9-10H2,1-3H3. The van der Waals surface area contributed by atoms with Gasteiger partial charge in [0, 0.05) is 12.2 Å². The summed E-state index contributed by atoms with van der Waals surface area (Å²) in [5, 5.41) is 2.87. The molecule has 4 nitrogen and oxygen atoms in total. The van der Waals surface area contributed by atoms with Crippen LogP contribution in [0.2, 0.25) is 0 Å². The van der Waals surface area contributed by atoms with Gasteiger partial charge in [0.15, 0.2) is 0 Å². The maximum absolute atomic E-state index is 11.7. The van der Waals surface area contributed by atoms with Crippen LogP contribution in [0.5, 0.6) is 0 Å². The fraction of sp³-hybridized carbons (Fsp3) is 0.538. The molecule has 0 aliphatic carbocycles. The normalized spacial score (nSPS) is 11.8. The number of nitrogens with one attached hydrogen (secondary N) is 2. The molecule has 1 aromatic rings. The molecule has 0 spiro atoms. The second kappa shape index (κ2) is 6.75. The SMILES string of the molecule is CCCNCc1ccc(NS(=O)(=O)C(C)C)cc1. The van der Waals surface area contributed by atoms with Gasteiger partial charge in [0.05, 0.1) is 5.25 Å². The third-order valence-corrected chi connectivity index (χ3v) is 4.35. The number of anilines is 1. The quantitative estimate of drug-likeness (QED) is 0.748. The summed E-state index contributed by atoms with van der Waals surface area (Å²) < 4.78 is 25.9. The van der Waals surface area contributed by atoms with Crippen LogP contribution in [0.1, 0.15) is 32.8 Å². The molecular weight excluding hydrogens is 248 g/mol. The Morgan fingerprint density at radius 1 is 1.17 bits per heavy atom. The average Bonchev–Trinajstić information content (AvgIpc) is 2.31. The van der Waals surface area contributed by atoms with Crippen molar-refractivity contribution in [1.82, 2.24) is 5.32 Å². The fourth-order valence-electron chi connectivity index (χ4n) is 1.38. The van der Waals surface area contributed by atoms with E-state index in [-0.39, 0.29) is 0 Å². The van der Waals surface area contributed by atoms with Gasteiger partial charge in [-0.3, -0.25) is 4.72 Å². The van der Waals surface area contributed by atoms with Gasteiger partial charge in [-0.25, -0.2) is 8.42 Å². The maximum Gasteiger partial charge on any atom is 0.235 e. The number of sulfonamides is 1. The summed E-state index contributed by atoms with van der Waals surface area (Å²) in [6.45, 7) is 7.24. The summed E-state index contributed by atoms with van der Waals surface area (Å²) in [7, 11) is -3.25. The van der Waals surface area contributed by atoms with Crippen molar-refractivity contribution < 1.29 is 8.42 Å². The first-order chi connectivity index (χ1) is 8.45. The number of rotatable bonds is 7. The Morgan fingerprint density at radius 2 is 1.78 bits per heavy atom. The van der Waals surface area contributed by atoms with Crippen molar-refractivity contribution in [2.24, 2.45) is 0 Å². The lowest BCUT2D eigenvalue weighted by atomic mass is 10.2. The van der Waals surface area contributed by atoms with Crippen LogP contribution in [0.4, 0.5) is 5.69 Å². The van der Waals surface area contributed by atoms with Crippen molar-refractivity contribution in [3.8, 4) is 0 Å². The first-order valence-electron chi connectivity index (χ1n) is 6.27. The van der Waals surface area contributed by atoms with Crippen molar-refractivity contribution >= 4 is 15.7 Å². The second-order valence-electron chi connectivity index (χ2n) is 4.57. The summed E-state index contributed by atoms with van der Waals surface area (Å²) in [6.07, 6.45) is 1.10. The minimum absolute atomic E-state index is 0.427. The molecule has 18 heavy (non-hydrogen) atoms. The molecule has 0 amide bonds. The van der Waals surface area contributed by atoms with Crippen LogP contribution in [-0.4, -0.2) is 20.2 Å². The Kier molecular flexibility index (Phi) is 5.62. The highest BCUT2D eigenvalue weighted by Crippen LogP contribution is 2.13. The van der Waals surface area contributed by atoms with E-state index in [4.69, 9.17) is 0 Å².